The maximum absolute atomic E-state index is 16.6. The number of imidazole rings is 4. The highest BCUT2D eigenvalue weighted by Crippen LogP contribution is 2.69. The molecular weight excluding hydrogens is 1580 g/mol. The average Bonchev–Trinajstić information content (AvgIpc) is 1.62. The lowest BCUT2D eigenvalue weighted by molar-refractivity contribution is -0.330. The molecular formula is C51H59Cl2F2N17O15P4S8. The number of thiol groups is 3. The van der Waals surface area contributed by atoms with E-state index in [1.807, 2.05) is 6.92 Å². The van der Waals surface area contributed by atoms with Crippen LogP contribution in [0.5, 0.6) is 0 Å². The Balaban J connectivity index is 0.000000187. The Hall–Kier alpha value is -3.26. The lowest BCUT2D eigenvalue weighted by Gasteiger charge is -2.33. The van der Waals surface area contributed by atoms with E-state index in [0.717, 1.165) is 11.4 Å². The van der Waals surface area contributed by atoms with E-state index >= 15 is 8.78 Å². The number of ether oxygens (including phenoxy) is 2. The number of rotatable bonds is 7. The summed E-state index contributed by atoms with van der Waals surface area (Å²) in [5, 5.41) is 12.2. The van der Waals surface area contributed by atoms with Gasteiger partial charge in [0, 0.05) is 42.2 Å². The number of halogens is 4. The highest BCUT2D eigenvalue weighted by Gasteiger charge is 2.57. The van der Waals surface area contributed by atoms with Crippen LogP contribution in [0, 0.1) is 12.8 Å². The number of anilines is 1. The lowest BCUT2D eigenvalue weighted by Crippen LogP contribution is -2.36. The van der Waals surface area contributed by atoms with Crippen molar-refractivity contribution >= 4 is 192 Å². The van der Waals surface area contributed by atoms with E-state index in [9.17, 15) is 14.7 Å². The van der Waals surface area contributed by atoms with Crippen molar-refractivity contribution in [3.05, 3.63) is 111 Å². The Morgan fingerprint density at radius 1 is 0.616 bits per heavy atom. The van der Waals surface area contributed by atoms with Crippen molar-refractivity contribution in [1.82, 2.24) is 77.2 Å². The zero-order valence-electron chi connectivity index (χ0n) is 49.8. The molecule has 0 radical (unpaired) electrons. The second-order valence-electron chi connectivity index (χ2n) is 22.7. The summed E-state index contributed by atoms with van der Waals surface area (Å²) < 4.78 is 102. The first-order valence-corrected chi connectivity index (χ1v) is 45.0. The van der Waals surface area contributed by atoms with Crippen LogP contribution < -0.4 is 16.9 Å². The third kappa shape index (κ3) is 14.7. The standard InChI is InChI=1S/C29H29Cl2FN8O7P2S4.C20H22FN9O8P2S4.2CH4/c1-13-19-7-18(39-11-36-22-26(39)37-10-38(3)27(22)41)23(13)46-49(52,53-8-15-4-5-16(30)6-17(15)31)47-43-29-24(45-48(50,51)44-19)20(32)28(42-29)40-12-35-21-14(2)33-9-34-25(21)40;1-28-4-27-17-11(18(28)32)26-5-29(17)7-2-8-12(31)13(7)36-40(43,44)38-34-20-14(37-39(41,42)35-8)9(21)19(33-20)30-6-25-10-15(22)23-3-24-16(10)30;;/h4-6,9-13,18-20,23-24,28-29H,7-8H2,1-3H3,(H,50,51);3-9,12-14,19-20,31H,2H2,1H3,(H,41,42)(H,43,44)(H2,22,23,24);2*1H4/t13-,18-,19+,20-,23-,24+,28-,29-,49?;7-,8+,9-,12-,13+,14+,19-,20-;;/m11../s1. The van der Waals surface area contributed by atoms with Crippen LogP contribution in [-0.4, -0.2) is 150 Å². The van der Waals surface area contributed by atoms with E-state index in [1.54, 1.807) is 48.4 Å². The van der Waals surface area contributed by atoms with E-state index in [1.165, 1.54) is 68.9 Å². The quantitative estimate of drug-likeness (QED) is 0.0563. The number of aromatic nitrogens is 16. The molecule has 1 aromatic carbocycles. The van der Waals surface area contributed by atoms with E-state index in [0.29, 0.717) is 44.5 Å². The number of hydrogen-bond acceptors (Lipinski definition) is 31. The first-order valence-electron chi connectivity index (χ1n) is 28.6. The summed E-state index contributed by atoms with van der Waals surface area (Å²) >= 11 is 50.2. The Bertz CT molecular complexity index is 4930. The second-order valence-corrected chi connectivity index (χ2v) is 45.3. The maximum Gasteiger partial charge on any atom is 0.281 e. The minimum absolute atomic E-state index is 0. The Labute approximate surface area is 610 Å². The molecule has 0 amide bonds. The van der Waals surface area contributed by atoms with E-state index < -0.39 is 121 Å². The molecule has 4 unspecified atom stereocenters. The molecule has 4 saturated heterocycles. The number of aliphatic hydroxyl groups is 1. The van der Waals surface area contributed by atoms with Crippen LogP contribution in [0.2, 0.25) is 10.0 Å². The van der Waals surface area contributed by atoms with Gasteiger partial charge >= 0.3 is 0 Å². The molecule has 9 aromatic rings. The van der Waals surface area contributed by atoms with Gasteiger partial charge in [-0.2, -0.15) is 19.1 Å². The van der Waals surface area contributed by atoms with Crippen LogP contribution in [-0.2, 0) is 123 Å². The fourth-order valence-corrected chi connectivity index (χ4v) is 23.1. The summed E-state index contributed by atoms with van der Waals surface area (Å²) in [6.45, 7) is 3.67. The Morgan fingerprint density at radius 2 is 1.10 bits per heavy atom. The Morgan fingerprint density at radius 3 is 1.69 bits per heavy atom. The normalized spacial score (nSPS) is 34.9. The number of nitrogens with two attached hydrogens (primary N) is 1. The second kappa shape index (κ2) is 29.2. The molecule has 0 spiro atoms. The van der Waals surface area contributed by atoms with Gasteiger partial charge in [0.25, 0.3) is 22.5 Å². The van der Waals surface area contributed by atoms with Gasteiger partial charge in [0.15, 0.2) is 76.4 Å². The number of nitrogen functional groups attached to an aromatic ring is 1. The van der Waals surface area contributed by atoms with Crippen LogP contribution in [0.4, 0.5) is 14.6 Å². The highest BCUT2D eigenvalue weighted by atomic mass is 35.5. The van der Waals surface area contributed by atoms with Crippen LogP contribution in [0.3, 0.4) is 0 Å². The summed E-state index contributed by atoms with van der Waals surface area (Å²) in [4.78, 5) is 79.2. The molecule has 15 rings (SSSR count). The largest absolute Gasteiger partial charge is 0.388 e. The first-order chi connectivity index (χ1) is 46.0. The molecule has 534 valence electrons. The van der Waals surface area contributed by atoms with Gasteiger partial charge in [-0.25, -0.2) is 58.6 Å². The van der Waals surface area contributed by atoms with Gasteiger partial charge < -0.3 is 65.7 Å². The smallest absolute Gasteiger partial charge is 0.281 e. The predicted octanol–water partition coefficient (Wildman–Crippen LogP) is 9.54. The molecule has 4 bridgehead atoms. The number of aryl methyl sites for hydroxylation is 3. The van der Waals surface area contributed by atoms with Crippen molar-refractivity contribution in [1.29, 1.82) is 0 Å². The molecule has 3 N–H and O–H groups in total. The summed E-state index contributed by atoms with van der Waals surface area (Å²) in [6, 6.07) is 3.84. The zero-order valence-corrected chi connectivity index (χ0v) is 61.6. The number of nitrogens with zero attached hydrogens (tertiary/aromatic N) is 16. The van der Waals surface area contributed by atoms with Crippen molar-refractivity contribution in [3.8, 4) is 0 Å². The molecule has 2 saturated carbocycles. The van der Waals surface area contributed by atoms with E-state index in [4.69, 9.17) is 132 Å². The summed E-state index contributed by atoms with van der Waals surface area (Å²) in [5.41, 5.74) is -5.77. The number of fused-ring (bicyclic) bond motifs is 10. The van der Waals surface area contributed by atoms with Gasteiger partial charge in [0.05, 0.1) is 74.1 Å². The minimum atomic E-state index is -3.65. The summed E-state index contributed by atoms with van der Waals surface area (Å²) in [6.07, 6.45) is -6.23. The summed E-state index contributed by atoms with van der Waals surface area (Å²) in [5.74, 6) is -0.0758. The molecule has 6 fully saturated rings. The van der Waals surface area contributed by atoms with Crippen LogP contribution in [0.15, 0.2) is 78.4 Å². The van der Waals surface area contributed by atoms with Gasteiger partial charge in [-0.15, -0.1) is 0 Å². The van der Waals surface area contributed by atoms with Crippen LogP contribution in [0.1, 0.15) is 70.4 Å². The SMILES string of the molecule is C.C.Cc1ncnc2c1ncn2[C@@H]1O[C@@H]2OOP(=S)(SCc3ccc(Cl)cc3Cl)O[C@@H]3[C@H](C)[C@H](C[C@H]3n3cnc4c(=O)n(C)cnc43)OP(=S)(S)O[C@H]2[C@H]1F.Cn1cnc2c(ncn2[C@@H]2C[C@@H]3OP(=S)(S)O[C@@H]4[C@@H](OOP(=S)(S)O[C@@H]2[C@@H]3O)O[C@@H](n2cnc3c(N)ncnc32)[C@@H]4F)c1=O. The van der Waals surface area contributed by atoms with Crippen molar-refractivity contribution in [3.63, 3.8) is 0 Å². The van der Waals surface area contributed by atoms with Gasteiger partial charge in [-0.1, -0.05) is 99.2 Å². The van der Waals surface area contributed by atoms with Crippen molar-refractivity contribution in [2.24, 2.45) is 20.0 Å². The molecule has 20 atom stereocenters. The number of aliphatic hydroxyl groups excluding tert-OH is 1. The summed E-state index contributed by atoms with van der Waals surface area (Å²) in [7, 11) is 3.14. The molecule has 32 nitrogen and oxygen atoms in total. The predicted molar refractivity (Wildman–Crippen MR) is 384 cm³/mol. The number of alkyl halides is 2. The average molecular weight is 1640 g/mol. The Kier molecular flexibility index (Phi) is 22.3. The van der Waals surface area contributed by atoms with Gasteiger partial charge in [-0.3, -0.25) is 18.7 Å². The third-order valence-corrected chi connectivity index (χ3v) is 27.9. The van der Waals surface area contributed by atoms with E-state index in [-0.39, 0.29) is 71.8 Å². The monoisotopic (exact) mass is 1640 g/mol. The minimum Gasteiger partial charge on any atom is -0.388 e. The van der Waals surface area contributed by atoms with Crippen LogP contribution >= 0.6 is 94.1 Å². The van der Waals surface area contributed by atoms with Crippen molar-refractivity contribution in [2.45, 2.75) is 139 Å². The number of hydrogen-bond donors (Lipinski definition) is 5. The molecule has 2 aliphatic carbocycles. The molecule has 48 heteroatoms. The first kappa shape index (κ1) is 75.4. The third-order valence-electron chi connectivity index (χ3n) is 16.7. The lowest BCUT2D eigenvalue weighted by atomic mass is 10.1. The molecule has 6 aliphatic rings. The zero-order chi connectivity index (χ0) is 68.5. The molecule has 12 heterocycles. The van der Waals surface area contributed by atoms with Crippen molar-refractivity contribution in [2.75, 3.05) is 5.73 Å². The van der Waals surface area contributed by atoms with Gasteiger partial charge in [0.2, 0.25) is 24.0 Å². The molecule has 4 aliphatic heterocycles. The fraction of sp³-hybridized carbons (Fsp3) is 0.490. The van der Waals surface area contributed by atoms with E-state index in [2.05, 4.69) is 86.6 Å². The fourth-order valence-electron chi connectivity index (χ4n) is 12.0. The van der Waals surface area contributed by atoms with Crippen molar-refractivity contribution < 1.29 is 69.6 Å². The van der Waals surface area contributed by atoms with Gasteiger partial charge in [0.1, 0.15) is 35.9 Å². The number of benzene rings is 1. The molecule has 99 heavy (non-hydrogen) atoms. The molecule has 8 aromatic heterocycles. The maximum atomic E-state index is 16.6. The van der Waals surface area contributed by atoms with Gasteiger partial charge in [-0.05, 0) is 78.3 Å². The van der Waals surface area contributed by atoms with Crippen LogP contribution in [0.25, 0.3) is 44.7 Å². The topological polar surface area (TPSA) is 350 Å². The highest BCUT2D eigenvalue weighted by molar-refractivity contribution is 8.67.